The molecule has 1 aromatic heterocycles. The highest BCUT2D eigenvalue weighted by atomic mass is 16.3. The van der Waals surface area contributed by atoms with E-state index in [1.807, 2.05) is 0 Å². The summed E-state index contributed by atoms with van der Waals surface area (Å²) in [5.74, 6) is -0.571. The number of likely N-dealkylation sites (N-methyl/N-ethyl adjacent to an activating group) is 1. The van der Waals surface area contributed by atoms with Gasteiger partial charge in [-0.3, -0.25) is 9.59 Å². The van der Waals surface area contributed by atoms with Gasteiger partial charge in [0.2, 0.25) is 5.75 Å². The SMILES string of the molecule is Cc1cc(C)cc(C2(Cc3nc(=O)c(O)c4n3C[C@H](CO)N(C)C4=O)CCCC2)c1. The van der Waals surface area contributed by atoms with E-state index in [9.17, 15) is 19.8 Å². The number of aliphatic hydroxyl groups excluding tert-OH is 1. The molecule has 1 aliphatic carbocycles. The maximum absolute atomic E-state index is 12.9. The Morgan fingerprint density at radius 2 is 1.77 bits per heavy atom. The number of benzene rings is 1. The van der Waals surface area contributed by atoms with Crippen molar-refractivity contribution in [1.29, 1.82) is 0 Å². The van der Waals surface area contributed by atoms with Gasteiger partial charge in [-0.15, -0.1) is 0 Å². The lowest BCUT2D eigenvalue weighted by molar-refractivity contribution is 0.0546. The average Bonchev–Trinajstić information content (AvgIpc) is 3.17. The summed E-state index contributed by atoms with van der Waals surface area (Å²) in [4.78, 5) is 30.9. The number of hydrogen-bond donors (Lipinski definition) is 2. The third-order valence-electron chi connectivity index (χ3n) is 6.80. The molecule has 160 valence electrons. The number of aliphatic hydroxyl groups is 1. The summed E-state index contributed by atoms with van der Waals surface area (Å²) >= 11 is 0. The summed E-state index contributed by atoms with van der Waals surface area (Å²) in [5, 5.41) is 20.1. The van der Waals surface area contributed by atoms with Crippen LogP contribution in [0.4, 0.5) is 0 Å². The van der Waals surface area contributed by atoms with Crippen molar-refractivity contribution in [2.75, 3.05) is 13.7 Å². The van der Waals surface area contributed by atoms with Crippen molar-refractivity contribution in [3.8, 4) is 5.75 Å². The number of aryl methyl sites for hydroxylation is 2. The van der Waals surface area contributed by atoms with Gasteiger partial charge >= 0.3 is 5.56 Å². The molecule has 1 aromatic carbocycles. The monoisotopic (exact) mass is 411 g/mol. The summed E-state index contributed by atoms with van der Waals surface area (Å²) in [5.41, 5.74) is 2.69. The van der Waals surface area contributed by atoms with E-state index < -0.39 is 23.3 Å². The first-order chi connectivity index (χ1) is 14.3. The second-order valence-electron chi connectivity index (χ2n) is 8.93. The molecule has 0 saturated heterocycles. The van der Waals surface area contributed by atoms with Gasteiger partial charge in [-0.2, -0.15) is 4.98 Å². The molecule has 0 bridgehead atoms. The minimum Gasteiger partial charge on any atom is -0.501 e. The van der Waals surface area contributed by atoms with Gasteiger partial charge in [-0.25, -0.2) is 0 Å². The lowest BCUT2D eigenvalue weighted by atomic mass is 9.75. The Morgan fingerprint density at radius 3 is 2.37 bits per heavy atom. The lowest BCUT2D eigenvalue weighted by Gasteiger charge is -2.37. The van der Waals surface area contributed by atoms with Gasteiger partial charge in [0.15, 0.2) is 5.69 Å². The molecular weight excluding hydrogens is 382 g/mol. The Bertz CT molecular complexity index is 1030. The number of carbonyl (C=O) groups excluding carboxylic acids is 1. The van der Waals surface area contributed by atoms with E-state index in [0.29, 0.717) is 18.8 Å². The van der Waals surface area contributed by atoms with E-state index in [-0.39, 0.29) is 17.7 Å². The quantitative estimate of drug-likeness (QED) is 0.803. The predicted octanol–water partition coefficient (Wildman–Crippen LogP) is 2.07. The van der Waals surface area contributed by atoms with Crippen LogP contribution in [0.2, 0.25) is 0 Å². The molecule has 7 heteroatoms. The Morgan fingerprint density at radius 1 is 1.13 bits per heavy atom. The van der Waals surface area contributed by atoms with E-state index in [4.69, 9.17) is 0 Å². The van der Waals surface area contributed by atoms with E-state index in [0.717, 1.165) is 25.7 Å². The number of fused-ring (bicyclic) bond motifs is 1. The zero-order valence-corrected chi connectivity index (χ0v) is 17.8. The van der Waals surface area contributed by atoms with Crippen LogP contribution >= 0.6 is 0 Å². The van der Waals surface area contributed by atoms with Crippen molar-refractivity contribution in [3.63, 3.8) is 0 Å². The Hall–Kier alpha value is -2.67. The van der Waals surface area contributed by atoms with Crippen LogP contribution in [0.15, 0.2) is 23.0 Å². The smallest absolute Gasteiger partial charge is 0.315 e. The van der Waals surface area contributed by atoms with Crippen LogP contribution in [0, 0.1) is 13.8 Å². The third-order valence-corrected chi connectivity index (χ3v) is 6.80. The average molecular weight is 412 g/mol. The predicted molar refractivity (Wildman–Crippen MR) is 113 cm³/mol. The summed E-state index contributed by atoms with van der Waals surface area (Å²) in [6, 6.07) is 6.15. The zero-order chi connectivity index (χ0) is 21.6. The standard InChI is InChI=1S/C23H29N3O4/c1-14-8-15(2)10-16(9-14)23(6-4-5-7-23)11-18-24-21(29)20(28)19-22(30)25(3)17(13-27)12-26(18)19/h8-10,17,27-28H,4-7,11-13H2,1-3H3/t17-/m1/s1. The molecule has 1 fully saturated rings. The molecular formula is C23H29N3O4. The van der Waals surface area contributed by atoms with Gasteiger partial charge in [-0.05, 0) is 32.3 Å². The molecule has 1 atom stereocenters. The second-order valence-corrected chi connectivity index (χ2v) is 8.93. The molecule has 30 heavy (non-hydrogen) atoms. The first-order valence-corrected chi connectivity index (χ1v) is 10.6. The number of aromatic hydroxyl groups is 1. The van der Waals surface area contributed by atoms with Gasteiger partial charge in [0.25, 0.3) is 5.91 Å². The van der Waals surface area contributed by atoms with E-state index >= 15 is 0 Å². The molecule has 2 aliphatic rings. The molecule has 1 aliphatic heterocycles. The second kappa shape index (κ2) is 7.54. The first-order valence-electron chi connectivity index (χ1n) is 10.6. The van der Waals surface area contributed by atoms with Crippen molar-refractivity contribution >= 4 is 5.91 Å². The normalized spacial score (nSPS) is 20.5. The van der Waals surface area contributed by atoms with E-state index in [1.54, 1.807) is 11.6 Å². The molecule has 0 unspecified atom stereocenters. The molecule has 0 spiro atoms. The van der Waals surface area contributed by atoms with Crippen LogP contribution in [0.5, 0.6) is 5.75 Å². The number of amides is 1. The fourth-order valence-corrected chi connectivity index (χ4v) is 5.19. The maximum Gasteiger partial charge on any atom is 0.315 e. The fourth-order valence-electron chi connectivity index (χ4n) is 5.19. The minimum absolute atomic E-state index is 0.0224. The highest BCUT2D eigenvalue weighted by Gasteiger charge is 2.40. The molecule has 2 N–H and O–H groups in total. The fraction of sp³-hybridized carbons (Fsp3) is 0.522. The molecule has 0 radical (unpaired) electrons. The summed E-state index contributed by atoms with van der Waals surface area (Å²) in [7, 11) is 1.57. The van der Waals surface area contributed by atoms with Crippen LogP contribution in [-0.4, -0.2) is 50.3 Å². The number of carbonyl (C=O) groups is 1. The van der Waals surface area contributed by atoms with Gasteiger partial charge in [0, 0.05) is 25.4 Å². The van der Waals surface area contributed by atoms with Crippen molar-refractivity contribution in [3.05, 3.63) is 56.8 Å². The Balaban J connectivity index is 1.85. The molecule has 1 saturated carbocycles. The topological polar surface area (TPSA) is 95.7 Å². The van der Waals surface area contributed by atoms with Crippen molar-refractivity contribution < 1.29 is 15.0 Å². The number of hydrogen-bond acceptors (Lipinski definition) is 5. The van der Waals surface area contributed by atoms with E-state index in [1.165, 1.54) is 21.6 Å². The van der Waals surface area contributed by atoms with Gasteiger partial charge in [0.05, 0.1) is 12.6 Å². The summed E-state index contributed by atoms with van der Waals surface area (Å²) < 4.78 is 1.66. The molecule has 2 heterocycles. The minimum atomic E-state index is -0.769. The highest BCUT2D eigenvalue weighted by molar-refractivity contribution is 5.95. The van der Waals surface area contributed by atoms with Crippen LogP contribution < -0.4 is 5.56 Å². The number of rotatable bonds is 4. The Kier molecular flexibility index (Phi) is 5.18. The maximum atomic E-state index is 12.9. The van der Waals surface area contributed by atoms with Crippen LogP contribution in [0.3, 0.4) is 0 Å². The number of aromatic nitrogens is 2. The van der Waals surface area contributed by atoms with Crippen molar-refractivity contribution in [1.82, 2.24) is 14.5 Å². The van der Waals surface area contributed by atoms with Gasteiger partial charge in [-0.1, -0.05) is 42.2 Å². The lowest BCUT2D eigenvalue weighted by Crippen LogP contribution is -2.49. The third kappa shape index (κ3) is 3.31. The molecule has 4 rings (SSSR count). The molecule has 2 aromatic rings. The van der Waals surface area contributed by atoms with Crippen LogP contribution in [0.25, 0.3) is 0 Å². The van der Waals surface area contributed by atoms with Crippen LogP contribution in [0.1, 0.15) is 58.7 Å². The largest absolute Gasteiger partial charge is 0.501 e. The molecule has 1 amide bonds. The van der Waals surface area contributed by atoms with Crippen LogP contribution in [-0.2, 0) is 18.4 Å². The van der Waals surface area contributed by atoms with Crippen molar-refractivity contribution in [2.24, 2.45) is 0 Å². The summed E-state index contributed by atoms with van der Waals surface area (Å²) in [6.45, 7) is 4.28. The highest BCUT2D eigenvalue weighted by Crippen LogP contribution is 2.44. The molecule has 7 nitrogen and oxygen atoms in total. The Labute approximate surface area is 176 Å². The van der Waals surface area contributed by atoms with Crippen molar-refractivity contribution in [2.45, 2.75) is 64.0 Å². The van der Waals surface area contributed by atoms with E-state index in [2.05, 4.69) is 37.0 Å². The number of nitrogens with zero attached hydrogens (tertiary/aromatic N) is 3. The van der Waals surface area contributed by atoms with Gasteiger partial charge in [0.1, 0.15) is 5.82 Å². The zero-order valence-electron chi connectivity index (χ0n) is 17.8. The summed E-state index contributed by atoms with van der Waals surface area (Å²) in [6.07, 6.45) is 4.69. The van der Waals surface area contributed by atoms with Gasteiger partial charge < -0.3 is 19.7 Å². The first kappa shape index (κ1) is 20.6.